The molecular weight excluding hydrogens is 478 g/mol. The quantitative estimate of drug-likeness (QED) is 0.385. The summed E-state index contributed by atoms with van der Waals surface area (Å²) in [5.41, 5.74) is 1.02. The first kappa shape index (κ1) is 29.3. The van der Waals surface area contributed by atoms with Gasteiger partial charge in [-0.2, -0.15) is 0 Å². The van der Waals surface area contributed by atoms with Gasteiger partial charge < -0.3 is 34.9 Å². The van der Waals surface area contributed by atoms with Crippen LogP contribution in [-0.2, 0) is 16.1 Å². The van der Waals surface area contributed by atoms with Crippen LogP contribution in [0.3, 0.4) is 0 Å². The molecule has 0 saturated heterocycles. The van der Waals surface area contributed by atoms with Gasteiger partial charge in [0.25, 0.3) is 5.91 Å². The molecule has 0 fully saturated rings. The fourth-order valence-corrected chi connectivity index (χ4v) is 3.21. The largest absolute Gasteiger partial charge is 0.490 e. The van der Waals surface area contributed by atoms with Crippen molar-refractivity contribution in [1.29, 1.82) is 0 Å². The average molecular weight is 516 g/mol. The number of alkyl carbamates (subject to hydrolysis) is 1. The van der Waals surface area contributed by atoms with Crippen LogP contribution in [0.1, 0.15) is 57.5 Å². The van der Waals surface area contributed by atoms with E-state index in [2.05, 4.69) is 16.0 Å². The molecule has 2 aromatic rings. The Hall–Kier alpha value is -3.95. The van der Waals surface area contributed by atoms with E-state index in [-0.39, 0.29) is 24.9 Å². The number of ether oxygens (including phenoxy) is 4. The fraction of sp³-hybridized carbons (Fsp3) is 0.444. The maximum Gasteiger partial charge on any atom is 0.408 e. The van der Waals surface area contributed by atoms with Crippen molar-refractivity contribution in [2.75, 3.05) is 31.7 Å². The van der Waals surface area contributed by atoms with Gasteiger partial charge >= 0.3 is 6.09 Å². The van der Waals surface area contributed by atoms with Crippen molar-refractivity contribution < 1.29 is 33.3 Å². The summed E-state index contributed by atoms with van der Waals surface area (Å²) in [4.78, 5) is 36.8. The number of hydrogen-bond donors (Lipinski definition) is 3. The van der Waals surface area contributed by atoms with Crippen molar-refractivity contribution in [3.8, 4) is 17.2 Å². The van der Waals surface area contributed by atoms with Gasteiger partial charge in [-0.25, -0.2) is 4.79 Å². The second-order valence-electron chi connectivity index (χ2n) is 8.89. The maximum atomic E-state index is 13.0. The lowest BCUT2D eigenvalue weighted by Crippen LogP contribution is -2.39. The van der Waals surface area contributed by atoms with E-state index in [0.717, 1.165) is 5.56 Å². The number of benzene rings is 2. The Kier molecular flexibility index (Phi) is 11.0. The van der Waals surface area contributed by atoms with Gasteiger partial charge in [0.15, 0.2) is 11.5 Å². The molecule has 3 amide bonds. The van der Waals surface area contributed by atoms with Gasteiger partial charge in [0.05, 0.1) is 19.8 Å². The fourth-order valence-electron chi connectivity index (χ4n) is 3.21. The van der Waals surface area contributed by atoms with Crippen LogP contribution in [-0.4, -0.2) is 49.9 Å². The maximum absolute atomic E-state index is 13.0. The van der Waals surface area contributed by atoms with E-state index in [4.69, 9.17) is 18.9 Å². The van der Waals surface area contributed by atoms with Gasteiger partial charge in [-0.3, -0.25) is 9.59 Å². The molecule has 2 rings (SSSR count). The molecular formula is C27H37N3O7. The SMILES string of the molecule is CCOc1cc(C(=O)Nc2cccc(CNC(=O)CNC(=O)OC(C)(C)C)c2)cc(OCC)c1OCC. The number of anilines is 1. The first-order chi connectivity index (χ1) is 17.6. The molecule has 0 aliphatic heterocycles. The standard InChI is InChI=1S/C27H37N3O7/c1-7-34-21-14-19(15-22(35-8-2)24(21)36-9-3)25(32)30-20-12-10-11-18(13-20)16-28-23(31)17-29-26(33)37-27(4,5)6/h10-15H,7-9,16-17H2,1-6H3,(H,28,31)(H,29,33)(H,30,32). The van der Waals surface area contributed by atoms with Gasteiger partial charge in [-0.05, 0) is 71.4 Å². The van der Waals surface area contributed by atoms with E-state index in [9.17, 15) is 14.4 Å². The summed E-state index contributed by atoms with van der Waals surface area (Å²) >= 11 is 0. The predicted molar refractivity (Wildman–Crippen MR) is 140 cm³/mol. The van der Waals surface area contributed by atoms with Crippen LogP contribution >= 0.6 is 0 Å². The zero-order valence-corrected chi connectivity index (χ0v) is 22.4. The second-order valence-corrected chi connectivity index (χ2v) is 8.89. The Bertz CT molecular complexity index is 1050. The molecule has 0 bridgehead atoms. The minimum absolute atomic E-state index is 0.213. The second kappa shape index (κ2) is 14.0. The Labute approximate surface area is 218 Å². The van der Waals surface area contributed by atoms with E-state index in [1.165, 1.54) is 0 Å². The van der Waals surface area contributed by atoms with Crippen molar-refractivity contribution in [2.24, 2.45) is 0 Å². The zero-order valence-electron chi connectivity index (χ0n) is 22.4. The molecule has 0 aromatic heterocycles. The van der Waals surface area contributed by atoms with Crippen LogP contribution in [0.5, 0.6) is 17.2 Å². The Morgan fingerprint density at radius 1 is 0.838 bits per heavy atom. The molecule has 0 saturated carbocycles. The monoisotopic (exact) mass is 515 g/mol. The lowest BCUT2D eigenvalue weighted by atomic mass is 10.1. The number of rotatable bonds is 12. The number of carbonyl (C=O) groups is 3. The molecule has 0 spiro atoms. The Morgan fingerprint density at radius 3 is 2.03 bits per heavy atom. The van der Waals surface area contributed by atoms with Crippen LogP contribution in [0.15, 0.2) is 36.4 Å². The average Bonchev–Trinajstić information content (AvgIpc) is 2.82. The zero-order chi connectivity index (χ0) is 27.4. The third-order valence-electron chi connectivity index (χ3n) is 4.64. The van der Waals surface area contributed by atoms with Crippen LogP contribution < -0.4 is 30.2 Å². The van der Waals surface area contributed by atoms with Crippen LogP contribution in [0.4, 0.5) is 10.5 Å². The number of amides is 3. The highest BCUT2D eigenvalue weighted by molar-refractivity contribution is 6.05. The molecule has 10 heteroatoms. The van der Waals surface area contributed by atoms with Crippen molar-refractivity contribution in [3.63, 3.8) is 0 Å². The van der Waals surface area contributed by atoms with Crippen molar-refractivity contribution in [2.45, 2.75) is 53.7 Å². The summed E-state index contributed by atoms with van der Waals surface area (Å²) in [5, 5.41) is 7.99. The van der Waals surface area contributed by atoms with E-state index in [1.54, 1.807) is 51.1 Å². The third-order valence-corrected chi connectivity index (χ3v) is 4.64. The minimum atomic E-state index is -0.665. The minimum Gasteiger partial charge on any atom is -0.490 e. The number of hydrogen-bond acceptors (Lipinski definition) is 7. The van der Waals surface area contributed by atoms with E-state index in [1.807, 2.05) is 26.8 Å². The summed E-state index contributed by atoms with van der Waals surface area (Å²) in [6.45, 7) is 12.0. The summed E-state index contributed by atoms with van der Waals surface area (Å²) < 4.78 is 22.2. The molecule has 202 valence electrons. The van der Waals surface area contributed by atoms with Gasteiger partial charge in [0.2, 0.25) is 11.7 Å². The Morgan fingerprint density at radius 2 is 1.46 bits per heavy atom. The molecule has 0 unspecified atom stereocenters. The molecule has 0 radical (unpaired) electrons. The van der Waals surface area contributed by atoms with Crippen molar-refractivity contribution in [1.82, 2.24) is 10.6 Å². The van der Waals surface area contributed by atoms with Crippen LogP contribution in [0.25, 0.3) is 0 Å². The van der Waals surface area contributed by atoms with E-state index in [0.29, 0.717) is 48.3 Å². The summed E-state index contributed by atoms with van der Waals surface area (Å²) in [7, 11) is 0. The molecule has 0 aliphatic rings. The summed E-state index contributed by atoms with van der Waals surface area (Å²) in [5.74, 6) is 0.588. The smallest absolute Gasteiger partial charge is 0.408 e. The lowest BCUT2D eigenvalue weighted by molar-refractivity contribution is -0.120. The molecule has 3 N–H and O–H groups in total. The first-order valence-electron chi connectivity index (χ1n) is 12.3. The van der Waals surface area contributed by atoms with Crippen molar-refractivity contribution in [3.05, 3.63) is 47.5 Å². The Balaban J connectivity index is 2.04. The number of carbonyl (C=O) groups excluding carboxylic acids is 3. The predicted octanol–water partition coefficient (Wildman–Crippen LogP) is 4.28. The molecule has 2 aromatic carbocycles. The molecule has 0 aliphatic carbocycles. The van der Waals surface area contributed by atoms with Gasteiger partial charge in [-0.1, -0.05) is 12.1 Å². The van der Waals surface area contributed by atoms with Crippen LogP contribution in [0, 0.1) is 0 Å². The number of nitrogens with one attached hydrogen (secondary N) is 3. The lowest BCUT2D eigenvalue weighted by Gasteiger charge is -2.19. The topological polar surface area (TPSA) is 124 Å². The normalized spacial score (nSPS) is 10.8. The molecule has 37 heavy (non-hydrogen) atoms. The highest BCUT2D eigenvalue weighted by atomic mass is 16.6. The highest BCUT2D eigenvalue weighted by Gasteiger charge is 2.19. The van der Waals surface area contributed by atoms with E-state index < -0.39 is 11.7 Å². The van der Waals surface area contributed by atoms with Crippen molar-refractivity contribution >= 4 is 23.6 Å². The highest BCUT2D eigenvalue weighted by Crippen LogP contribution is 2.39. The first-order valence-corrected chi connectivity index (χ1v) is 12.3. The van der Waals surface area contributed by atoms with Gasteiger partial charge in [-0.15, -0.1) is 0 Å². The van der Waals surface area contributed by atoms with E-state index >= 15 is 0 Å². The molecule has 0 heterocycles. The summed E-state index contributed by atoms with van der Waals surface area (Å²) in [6, 6.07) is 10.3. The third kappa shape index (κ3) is 9.91. The summed E-state index contributed by atoms with van der Waals surface area (Å²) in [6.07, 6.45) is -0.665. The van der Waals surface area contributed by atoms with Gasteiger partial charge in [0.1, 0.15) is 12.1 Å². The molecule has 0 atom stereocenters. The van der Waals surface area contributed by atoms with Gasteiger partial charge in [0, 0.05) is 17.8 Å². The molecule has 10 nitrogen and oxygen atoms in total. The van der Waals surface area contributed by atoms with Crippen LogP contribution in [0.2, 0.25) is 0 Å².